The predicted molar refractivity (Wildman–Crippen MR) is 394 cm³/mol. The summed E-state index contributed by atoms with van der Waals surface area (Å²) < 4.78 is 2.57. The van der Waals surface area contributed by atoms with Gasteiger partial charge in [-0.3, -0.25) is 0 Å². The second-order valence-corrected chi connectivity index (χ2v) is 27.1. The minimum atomic E-state index is -0.304. The first-order valence-corrected chi connectivity index (χ1v) is 32.5. The lowest BCUT2D eigenvalue weighted by Gasteiger charge is -2.46. The van der Waals surface area contributed by atoms with Crippen LogP contribution in [-0.4, -0.2) is 11.3 Å². The summed E-state index contributed by atoms with van der Waals surface area (Å²) in [5, 5.41) is 23.2. The van der Waals surface area contributed by atoms with Crippen molar-refractivity contribution in [2.24, 2.45) is 0 Å². The topological polar surface area (TPSA) is 59.0 Å². The largest absolute Gasteiger partial charge is 0.310 e. The van der Waals surface area contributed by atoms with Crippen LogP contribution < -0.4 is 26.2 Å². The van der Waals surface area contributed by atoms with Crippen molar-refractivity contribution in [1.82, 2.24) is 4.57 Å². The summed E-state index contributed by atoms with van der Waals surface area (Å²) in [7, 11) is 0. The molecule has 446 valence electrons. The van der Waals surface area contributed by atoms with Crippen LogP contribution in [0.1, 0.15) is 63.8 Å². The first-order valence-electron chi connectivity index (χ1n) is 32.5. The zero-order chi connectivity index (χ0) is 64.0. The second kappa shape index (κ2) is 22.6. The van der Waals surface area contributed by atoms with Crippen LogP contribution in [0.15, 0.2) is 291 Å². The molecule has 1 aromatic heterocycles. The molecule has 2 aliphatic heterocycles. The van der Waals surface area contributed by atoms with Gasteiger partial charge in [0, 0.05) is 55.8 Å². The maximum Gasteiger partial charge on any atom is 0.252 e. The fraction of sp³-hybridized carbons (Fsp3) is 0.0909. The summed E-state index contributed by atoms with van der Waals surface area (Å²) in [4.78, 5) is 5.22. The zero-order valence-corrected chi connectivity index (χ0v) is 53.5. The first kappa shape index (κ1) is 57.5. The smallest absolute Gasteiger partial charge is 0.252 e. The van der Waals surface area contributed by atoms with Crippen molar-refractivity contribution >= 4 is 79.0 Å². The van der Waals surface area contributed by atoms with Crippen LogP contribution in [0.25, 0.3) is 94.3 Å². The molecule has 2 aliphatic rings. The molecule has 14 aromatic rings. The highest BCUT2D eigenvalue weighted by Crippen LogP contribution is 2.54. The molecule has 16 rings (SSSR count). The van der Waals surface area contributed by atoms with Crippen LogP contribution in [0.5, 0.6) is 0 Å². The summed E-state index contributed by atoms with van der Waals surface area (Å²) in [6.45, 7) is 13.6. The van der Waals surface area contributed by atoms with Gasteiger partial charge in [0.25, 0.3) is 6.71 Å². The van der Waals surface area contributed by atoms with Gasteiger partial charge >= 0.3 is 0 Å². The van der Waals surface area contributed by atoms with Crippen molar-refractivity contribution in [3.8, 4) is 84.6 Å². The second-order valence-electron chi connectivity index (χ2n) is 27.1. The van der Waals surface area contributed by atoms with Gasteiger partial charge in [0.15, 0.2) is 0 Å². The molecule has 0 aliphatic carbocycles. The van der Waals surface area contributed by atoms with E-state index >= 15 is 0 Å². The summed E-state index contributed by atoms with van der Waals surface area (Å²) in [6.07, 6.45) is 0. The fourth-order valence-corrected chi connectivity index (χ4v) is 14.7. The van der Waals surface area contributed by atoms with Crippen LogP contribution in [0.4, 0.5) is 34.1 Å². The van der Waals surface area contributed by atoms with E-state index in [0.29, 0.717) is 11.1 Å². The highest BCUT2D eigenvalue weighted by molar-refractivity contribution is 7.00. The highest BCUT2D eigenvalue weighted by Gasteiger charge is 2.46. The van der Waals surface area contributed by atoms with Gasteiger partial charge in [-0.2, -0.15) is 10.5 Å². The molecule has 3 heterocycles. The average Bonchev–Trinajstić information content (AvgIpc) is 1.68. The molecule has 0 amide bonds. The Morgan fingerprint density at radius 3 is 1.00 bits per heavy atom. The Balaban J connectivity index is 1.14. The van der Waals surface area contributed by atoms with Gasteiger partial charge < -0.3 is 14.4 Å². The lowest BCUT2D eigenvalue weighted by atomic mass is 9.33. The number of rotatable bonds is 9. The standard InChI is InChI=1S/C88H66BN5/c1-87(2,3)67-41-43-74-75-44-42-68(88(4,5)6)52-79(75)92(78(74)51-67)69-53-82-84-83(54-69)94(86-72(61-29-15-9-16-30-61)37-22-38-73(86)62-31-17-10-18-32-62)81-50-66(64-34-20-24-58(48-64)56-91)40-46-77(81)89(84)76-45-39-65(63-33-19-23-57(47-63)55-90)49-80(76)93(82)85-70(59-25-11-7-12-26-59)35-21-36-71(85)60-27-13-8-14-28-60/h7-54H,1-6H3. The Bertz CT molecular complexity index is 4980. The maximum absolute atomic E-state index is 10.4. The summed E-state index contributed by atoms with van der Waals surface area (Å²) in [5.74, 6) is 0. The molecular weight excluding hydrogens is 1140 g/mol. The third-order valence-electron chi connectivity index (χ3n) is 19.3. The minimum absolute atomic E-state index is 0.152. The third-order valence-corrected chi connectivity index (χ3v) is 19.3. The number of hydrogen-bond acceptors (Lipinski definition) is 4. The molecule has 0 bridgehead atoms. The highest BCUT2D eigenvalue weighted by atomic mass is 15.2. The van der Waals surface area contributed by atoms with E-state index in [2.05, 4.69) is 323 Å². The number of fused-ring (bicyclic) bond motifs is 7. The molecule has 0 unspecified atom stereocenters. The SMILES string of the molecule is CC(C)(C)c1ccc2c3ccc(C(C)(C)C)cc3n(-c3cc4c5c(c3)N(c3c(-c6ccccc6)cccc3-c3ccccc3)c3cc(-c6cccc(C#N)c6)ccc3B5c3ccc(-c5cccc(C#N)c5)cc3N4c3c(-c4ccccc4)cccc3-c3ccccc3)c2c1. The predicted octanol–water partition coefficient (Wildman–Crippen LogP) is 21.2. The maximum atomic E-state index is 10.4. The van der Waals surface area contributed by atoms with Crippen LogP contribution >= 0.6 is 0 Å². The molecular formula is C88H66BN5. The Hall–Kier alpha value is -11.7. The minimum Gasteiger partial charge on any atom is -0.310 e. The Kier molecular flexibility index (Phi) is 13.8. The van der Waals surface area contributed by atoms with E-state index < -0.39 is 0 Å². The number of hydrogen-bond donors (Lipinski definition) is 0. The molecule has 5 nitrogen and oxygen atoms in total. The van der Waals surface area contributed by atoms with Crippen molar-refractivity contribution in [2.45, 2.75) is 52.4 Å². The van der Waals surface area contributed by atoms with E-state index in [-0.39, 0.29) is 17.5 Å². The molecule has 0 saturated heterocycles. The van der Waals surface area contributed by atoms with Gasteiger partial charge in [-0.25, -0.2) is 0 Å². The van der Waals surface area contributed by atoms with Crippen molar-refractivity contribution in [2.75, 3.05) is 9.80 Å². The summed E-state index contributed by atoms with van der Waals surface area (Å²) >= 11 is 0. The van der Waals surface area contributed by atoms with Gasteiger partial charge in [0.2, 0.25) is 0 Å². The van der Waals surface area contributed by atoms with E-state index in [1.807, 2.05) is 36.4 Å². The van der Waals surface area contributed by atoms with Gasteiger partial charge in [-0.1, -0.05) is 272 Å². The quantitative estimate of drug-likeness (QED) is 0.135. The van der Waals surface area contributed by atoms with E-state index in [1.165, 1.54) is 21.9 Å². The first-order chi connectivity index (χ1) is 45.8. The number of benzene rings is 13. The zero-order valence-electron chi connectivity index (χ0n) is 53.5. The Labute approximate surface area is 551 Å². The van der Waals surface area contributed by atoms with Gasteiger partial charge in [0.1, 0.15) is 0 Å². The number of aromatic nitrogens is 1. The molecule has 0 radical (unpaired) electrons. The van der Waals surface area contributed by atoms with Crippen molar-refractivity contribution in [3.05, 3.63) is 313 Å². The Morgan fingerprint density at radius 2 is 0.649 bits per heavy atom. The van der Waals surface area contributed by atoms with Crippen molar-refractivity contribution < 1.29 is 0 Å². The number of nitrogens with zero attached hydrogens (tertiary/aromatic N) is 5. The van der Waals surface area contributed by atoms with Gasteiger partial charge in [-0.05, 0) is 144 Å². The van der Waals surface area contributed by atoms with E-state index in [1.54, 1.807) is 0 Å². The molecule has 0 spiro atoms. The molecule has 6 heteroatoms. The molecule has 0 saturated carbocycles. The monoisotopic (exact) mass is 1200 g/mol. The van der Waals surface area contributed by atoms with Gasteiger partial charge in [-0.15, -0.1) is 0 Å². The van der Waals surface area contributed by atoms with Crippen LogP contribution in [0.3, 0.4) is 0 Å². The van der Waals surface area contributed by atoms with Crippen LogP contribution in [0.2, 0.25) is 0 Å². The van der Waals surface area contributed by atoms with E-state index in [0.717, 1.165) is 134 Å². The van der Waals surface area contributed by atoms with Gasteiger partial charge in [0.05, 0.1) is 51.4 Å². The third kappa shape index (κ3) is 9.69. The number of para-hydroxylation sites is 2. The molecule has 0 N–H and O–H groups in total. The average molecular weight is 1200 g/mol. The number of anilines is 6. The van der Waals surface area contributed by atoms with Crippen LogP contribution in [-0.2, 0) is 10.8 Å². The lowest BCUT2D eigenvalue weighted by molar-refractivity contribution is 0.591. The van der Waals surface area contributed by atoms with Crippen molar-refractivity contribution in [1.29, 1.82) is 10.5 Å². The fourth-order valence-electron chi connectivity index (χ4n) is 14.7. The van der Waals surface area contributed by atoms with E-state index in [4.69, 9.17) is 0 Å². The molecule has 94 heavy (non-hydrogen) atoms. The van der Waals surface area contributed by atoms with Crippen LogP contribution in [0, 0.1) is 22.7 Å². The molecule has 0 fully saturated rings. The normalized spacial score (nSPS) is 12.5. The lowest BCUT2D eigenvalue weighted by Crippen LogP contribution is -2.61. The summed E-state index contributed by atoms with van der Waals surface area (Å²) in [6, 6.07) is 111. The van der Waals surface area contributed by atoms with E-state index in [9.17, 15) is 10.5 Å². The number of nitriles is 2. The van der Waals surface area contributed by atoms with Crippen molar-refractivity contribution in [3.63, 3.8) is 0 Å². The summed E-state index contributed by atoms with van der Waals surface area (Å²) in [5.41, 5.74) is 29.0. The molecule has 0 atom stereocenters. The Morgan fingerprint density at radius 1 is 0.309 bits per heavy atom. The molecule has 13 aromatic carbocycles.